The van der Waals surface area contributed by atoms with Crippen molar-refractivity contribution in [2.45, 2.75) is 45.6 Å². The summed E-state index contributed by atoms with van der Waals surface area (Å²) in [7, 11) is 0. The fourth-order valence-electron chi connectivity index (χ4n) is 3.84. The summed E-state index contributed by atoms with van der Waals surface area (Å²) in [6, 6.07) is 8.21. The van der Waals surface area contributed by atoms with E-state index in [-0.39, 0.29) is 18.0 Å². The van der Waals surface area contributed by atoms with Gasteiger partial charge in [0, 0.05) is 12.2 Å². The van der Waals surface area contributed by atoms with Gasteiger partial charge in [-0.15, -0.1) is 0 Å². The van der Waals surface area contributed by atoms with Crippen LogP contribution in [0.3, 0.4) is 0 Å². The summed E-state index contributed by atoms with van der Waals surface area (Å²) in [5.74, 6) is 1.25. The number of para-hydroxylation sites is 1. The van der Waals surface area contributed by atoms with Crippen LogP contribution in [0.2, 0.25) is 0 Å². The van der Waals surface area contributed by atoms with Crippen molar-refractivity contribution in [3.63, 3.8) is 0 Å². The Labute approximate surface area is 127 Å². The minimum absolute atomic E-state index is 0.0247. The highest BCUT2D eigenvalue weighted by atomic mass is 16.5. The number of rotatable bonds is 2. The van der Waals surface area contributed by atoms with Crippen molar-refractivity contribution in [3.05, 3.63) is 29.8 Å². The van der Waals surface area contributed by atoms with Gasteiger partial charge in [0.1, 0.15) is 6.10 Å². The lowest BCUT2D eigenvalue weighted by molar-refractivity contribution is -0.156. The molecule has 0 amide bonds. The van der Waals surface area contributed by atoms with Crippen LogP contribution in [0.4, 0.5) is 5.69 Å². The molecule has 1 aromatic carbocycles. The molecule has 3 atom stereocenters. The second-order valence-corrected chi connectivity index (χ2v) is 6.92. The van der Waals surface area contributed by atoms with Crippen molar-refractivity contribution >= 4 is 11.7 Å². The Balaban J connectivity index is 1.59. The third-order valence-electron chi connectivity index (χ3n) is 4.77. The van der Waals surface area contributed by atoms with Gasteiger partial charge in [0.25, 0.3) is 0 Å². The predicted molar refractivity (Wildman–Crippen MR) is 84.2 cm³/mol. The Morgan fingerprint density at radius 3 is 2.62 bits per heavy atom. The quantitative estimate of drug-likeness (QED) is 0.844. The molecular weight excluding hydrogens is 262 g/mol. The van der Waals surface area contributed by atoms with Crippen molar-refractivity contribution in [2.75, 3.05) is 11.9 Å². The van der Waals surface area contributed by atoms with Gasteiger partial charge in [0.05, 0.1) is 5.92 Å². The molecule has 1 saturated carbocycles. The molecular formula is C18H25NO2. The highest BCUT2D eigenvalue weighted by Crippen LogP contribution is 2.31. The molecule has 0 bridgehead atoms. The maximum Gasteiger partial charge on any atom is 0.311 e. The lowest BCUT2D eigenvalue weighted by Gasteiger charge is -2.33. The van der Waals surface area contributed by atoms with Gasteiger partial charge in [-0.3, -0.25) is 4.79 Å². The maximum absolute atomic E-state index is 12.4. The number of hydrogen-bond acceptors (Lipinski definition) is 3. The Morgan fingerprint density at radius 1 is 1.14 bits per heavy atom. The molecule has 3 rings (SSSR count). The van der Waals surface area contributed by atoms with Crippen molar-refractivity contribution in [2.24, 2.45) is 17.8 Å². The summed E-state index contributed by atoms with van der Waals surface area (Å²) in [6.45, 7) is 5.21. The first-order valence-corrected chi connectivity index (χ1v) is 8.14. The number of nitrogens with one attached hydrogen (secondary N) is 1. The average Bonchev–Trinajstić information content (AvgIpc) is 2.45. The third-order valence-corrected chi connectivity index (χ3v) is 4.77. The number of esters is 1. The van der Waals surface area contributed by atoms with E-state index in [1.165, 1.54) is 12.0 Å². The molecule has 114 valence electrons. The predicted octanol–water partition coefficient (Wildman–Crippen LogP) is 3.64. The summed E-state index contributed by atoms with van der Waals surface area (Å²) >= 11 is 0. The number of ether oxygens (including phenoxy) is 1. The first kappa shape index (κ1) is 14.4. The number of anilines is 1. The summed E-state index contributed by atoms with van der Waals surface area (Å²) in [5.41, 5.74) is 2.37. The number of hydrogen-bond donors (Lipinski definition) is 1. The molecule has 3 unspecified atom stereocenters. The van der Waals surface area contributed by atoms with Gasteiger partial charge in [0.2, 0.25) is 0 Å². The fourth-order valence-corrected chi connectivity index (χ4v) is 3.84. The van der Waals surface area contributed by atoms with Crippen LogP contribution in [0, 0.1) is 17.8 Å². The molecule has 0 aromatic heterocycles. The first-order valence-electron chi connectivity index (χ1n) is 8.14. The molecule has 3 heteroatoms. The number of fused-ring (bicyclic) bond motifs is 1. The van der Waals surface area contributed by atoms with Crippen LogP contribution >= 0.6 is 0 Å². The monoisotopic (exact) mass is 287 g/mol. The lowest BCUT2D eigenvalue weighted by Crippen LogP contribution is -2.35. The SMILES string of the molecule is CC1CC(C)CC(OC(=O)C2CNc3ccccc3C2)C1. The largest absolute Gasteiger partial charge is 0.462 e. The van der Waals surface area contributed by atoms with Crippen LogP contribution in [-0.2, 0) is 16.0 Å². The molecule has 1 heterocycles. The average molecular weight is 287 g/mol. The molecule has 1 aromatic rings. The highest BCUT2D eigenvalue weighted by Gasteiger charge is 2.31. The van der Waals surface area contributed by atoms with Gasteiger partial charge in [-0.25, -0.2) is 0 Å². The van der Waals surface area contributed by atoms with Crippen LogP contribution in [-0.4, -0.2) is 18.6 Å². The van der Waals surface area contributed by atoms with E-state index < -0.39 is 0 Å². The van der Waals surface area contributed by atoms with Crippen molar-refractivity contribution in [1.29, 1.82) is 0 Å². The maximum atomic E-state index is 12.4. The highest BCUT2D eigenvalue weighted by molar-refractivity contribution is 5.75. The van der Waals surface area contributed by atoms with Gasteiger partial charge in [-0.05, 0) is 49.1 Å². The van der Waals surface area contributed by atoms with E-state index >= 15 is 0 Å². The Bertz CT molecular complexity index is 504. The fraction of sp³-hybridized carbons (Fsp3) is 0.611. The molecule has 1 fully saturated rings. The summed E-state index contributed by atoms with van der Waals surface area (Å²) < 4.78 is 5.81. The summed E-state index contributed by atoms with van der Waals surface area (Å²) in [6.07, 6.45) is 4.21. The zero-order valence-corrected chi connectivity index (χ0v) is 13.0. The van der Waals surface area contributed by atoms with Gasteiger partial charge in [-0.1, -0.05) is 32.0 Å². The minimum atomic E-state index is -0.0487. The normalized spacial score (nSPS) is 31.9. The molecule has 0 radical (unpaired) electrons. The van der Waals surface area contributed by atoms with Crippen LogP contribution < -0.4 is 5.32 Å². The third kappa shape index (κ3) is 3.39. The van der Waals surface area contributed by atoms with Gasteiger partial charge in [0.15, 0.2) is 0 Å². The second kappa shape index (κ2) is 6.08. The van der Waals surface area contributed by atoms with Crippen LogP contribution in [0.25, 0.3) is 0 Å². The Hall–Kier alpha value is -1.51. The van der Waals surface area contributed by atoms with E-state index in [0.717, 1.165) is 24.9 Å². The smallest absolute Gasteiger partial charge is 0.311 e. The van der Waals surface area contributed by atoms with E-state index in [4.69, 9.17) is 4.74 Å². The Kier molecular flexibility index (Phi) is 4.18. The van der Waals surface area contributed by atoms with Gasteiger partial charge < -0.3 is 10.1 Å². The molecule has 1 N–H and O–H groups in total. The topological polar surface area (TPSA) is 38.3 Å². The van der Waals surface area contributed by atoms with Crippen LogP contribution in [0.5, 0.6) is 0 Å². The van der Waals surface area contributed by atoms with Crippen LogP contribution in [0.15, 0.2) is 24.3 Å². The van der Waals surface area contributed by atoms with Crippen molar-refractivity contribution < 1.29 is 9.53 Å². The molecule has 3 nitrogen and oxygen atoms in total. The summed E-state index contributed by atoms with van der Waals surface area (Å²) in [5, 5.41) is 3.35. The van der Waals surface area contributed by atoms with Gasteiger partial charge >= 0.3 is 5.97 Å². The molecule has 0 saturated heterocycles. The number of carbonyl (C=O) groups is 1. The van der Waals surface area contributed by atoms with Gasteiger partial charge in [-0.2, -0.15) is 0 Å². The standard InChI is InChI=1S/C18H25NO2/c1-12-7-13(2)9-16(8-12)21-18(20)15-10-14-5-3-4-6-17(14)19-11-15/h3-6,12-13,15-16,19H,7-11H2,1-2H3. The molecule has 21 heavy (non-hydrogen) atoms. The number of benzene rings is 1. The zero-order chi connectivity index (χ0) is 14.8. The van der Waals surface area contributed by atoms with E-state index in [1.54, 1.807) is 0 Å². The zero-order valence-electron chi connectivity index (χ0n) is 13.0. The molecule has 0 spiro atoms. The van der Waals surface area contributed by atoms with E-state index in [1.807, 2.05) is 12.1 Å². The van der Waals surface area contributed by atoms with E-state index in [0.29, 0.717) is 18.4 Å². The van der Waals surface area contributed by atoms with Crippen molar-refractivity contribution in [3.8, 4) is 0 Å². The lowest BCUT2D eigenvalue weighted by atomic mass is 9.81. The molecule has 1 aliphatic heterocycles. The Morgan fingerprint density at radius 2 is 1.86 bits per heavy atom. The van der Waals surface area contributed by atoms with E-state index in [2.05, 4.69) is 31.3 Å². The molecule has 2 aliphatic rings. The van der Waals surface area contributed by atoms with Crippen molar-refractivity contribution in [1.82, 2.24) is 0 Å². The van der Waals surface area contributed by atoms with E-state index in [9.17, 15) is 4.79 Å². The summed E-state index contributed by atoms with van der Waals surface area (Å²) in [4.78, 5) is 12.4. The second-order valence-electron chi connectivity index (χ2n) is 6.92. The first-order chi connectivity index (χ1) is 10.1. The van der Waals surface area contributed by atoms with Crippen LogP contribution in [0.1, 0.15) is 38.7 Å². The number of carbonyl (C=O) groups excluding carboxylic acids is 1. The minimum Gasteiger partial charge on any atom is -0.462 e. The molecule has 1 aliphatic carbocycles.